The SMILES string of the molecule is CCC(=O)c1ccc(OCC(=O)c2c(-c3ccccc3)[nH]c3ccccc23)cc1. The predicted octanol–water partition coefficient (Wildman–Crippen LogP) is 5.69. The number of para-hydroxylation sites is 1. The normalized spacial score (nSPS) is 10.8. The van der Waals surface area contributed by atoms with Crippen LogP contribution in [0.5, 0.6) is 5.75 Å². The van der Waals surface area contributed by atoms with Gasteiger partial charge in [0.25, 0.3) is 0 Å². The van der Waals surface area contributed by atoms with Gasteiger partial charge >= 0.3 is 0 Å². The van der Waals surface area contributed by atoms with Crippen LogP contribution in [0, 0.1) is 0 Å². The van der Waals surface area contributed by atoms with E-state index in [1.54, 1.807) is 24.3 Å². The second-order valence-electron chi connectivity index (χ2n) is 6.80. The average molecular weight is 383 g/mol. The highest BCUT2D eigenvalue weighted by molar-refractivity contribution is 6.13. The molecule has 1 aromatic heterocycles. The molecule has 0 atom stereocenters. The molecule has 0 fully saturated rings. The van der Waals surface area contributed by atoms with Crippen molar-refractivity contribution in [1.29, 1.82) is 0 Å². The molecule has 4 heteroatoms. The maximum atomic E-state index is 13.1. The summed E-state index contributed by atoms with van der Waals surface area (Å²) in [4.78, 5) is 28.2. The van der Waals surface area contributed by atoms with E-state index in [-0.39, 0.29) is 18.2 Å². The highest BCUT2D eigenvalue weighted by Crippen LogP contribution is 2.30. The zero-order valence-corrected chi connectivity index (χ0v) is 16.1. The summed E-state index contributed by atoms with van der Waals surface area (Å²) in [6, 6.07) is 24.5. The molecule has 0 unspecified atom stereocenters. The van der Waals surface area contributed by atoms with Crippen molar-refractivity contribution in [3.63, 3.8) is 0 Å². The van der Waals surface area contributed by atoms with Crippen LogP contribution in [0.4, 0.5) is 0 Å². The van der Waals surface area contributed by atoms with Crippen LogP contribution in [0.3, 0.4) is 0 Å². The Kier molecular flexibility index (Phi) is 5.25. The summed E-state index contributed by atoms with van der Waals surface area (Å²) in [5.74, 6) is 0.543. The number of rotatable bonds is 7. The van der Waals surface area contributed by atoms with Crippen LogP contribution in [0.25, 0.3) is 22.2 Å². The molecule has 0 aliphatic heterocycles. The zero-order chi connectivity index (χ0) is 20.2. The number of benzene rings is 3. The summed E-state index contributed by atoms with van der Waals surface area (Å²) in [6.07, 6.45) is 0.460. The molecule has 4 nitrogen and oxygen atoms in total. The number of aromatic nitrogens is 1. The molecule has 1 heterocycles. The third-order valence-electron chi connectivity index (χ3n) is 4.91. The monoisotopic (exact) mass is 383 g/mol. The topological polar surface area (TPSA) is 59.2 Å². The Labute approximate surface area is 169 Å². The van der Waals surface area contributed by atoms with Crippen molar-refractivity contribution in [2.75, 3.05) is 6.61 Å². The van der Waals surface area contributed by atoms with Gasteiger partial charge in [0.2, 0.25) is 5.78 Å². The van der Waals surface area contributed by atoms with Gasteiger partial charge in [-0.1, -0.05) is 55.5 Å². The van der Waals surface area contributed by atoms with Gasteiger partial charge in [-0.2, -0.15) is 0 Å². The number of fused-ring (bicyclic) bond motifs is 1. The van der Waals surface area contributed by atoms with Crippen molar-refractivity contribution in [2.24, 2.45) is 0 Å². The Morgan fingerprint density at radius 3 is 2.24 bits per heavy atom. The molecule has 1 N–H and O–H groups in total. The van der Waals surface area contributed by atoms with Gasteiger partial charge < -0.3 is 9.72 Å². The number of hydrogen-bond donors (Lipinski definition) is 1. The van der Waals surface area contributed by atoms with E-state index in [4.69, 9.17) is 4.74 Å². The van der Waals surface area contributed by atoms with Gasteiger partial charge in [0.05, 0.1) is 11.3 Å². The fourth-order valence-electron chi connectivity index (χ4n) is 3.42. The zero-order valence-electron chi connectivity index (χ0n) is 16.1. The summed E-state index contributed by atoms with van der Waals surface area (Å²) in [5, 5.41) is 0.879. The number of hydrogen-bond acceptors (Lipinski definition) is 3. The van der Waals surface area contributed by atoms with Crippen LogP contribution in [-0.4, -0.2) is 23.2 Å². The molecule has 0 aliphatic rings. The Bertz CT molecular complexity index is 1160. The molecule has 0 bridgehead atoms. The van der Waals surface area contributed by atoms with Gasteiger partial charge in [-0.25, -0.2) is 0 Å². The number of ketones is 2. The standard InChI is InChI=1S/C25H21NO3/c1-2-22(27)17-12-14-19(15-13-17)29-16-23(28)24-20-10-6-7-11-21(20)26-25(24)18-8-4-3-5-9-18/h3-15,26H,2,16H2,1H3. The highest BCUT2D eigenvalue weighted by Gasteiger charge is 2.20. The molecule has 0 radical (unpaired) electrons. The number of carbonyl (C=O) groups excluding carboxylic acids is 2. The van der Waals surface area contributed by atoms with Crippen LogP contribution < -0.4 is 4.74 Å². The van der Waals surface area contributed by atoms with Gasteiger partial charge in [0, 0.05) is 22.9 Å². The van der Waals surface area contributed by atoms with Gasteiger partial charge in [0.1, 0.15) is 5.75 Å². The average Bonchev–Trinajstić information content (AvgIpc) is 3.17. The van der Waals surface area contributed by atoms with Crippen molar-refractivity contribution in [3.8, 4) is 17.0 Å². The molecule has 3 aromatic carbocycles. The smallest absolute Gasteiger partial charge is 0.202 e. The Morgan fingerprint density at radius 1 is 0.828 bits per heavy atom. The first-order valence-corrected chi connectivity index (χ1v) is 9.62. The van der Waals surface area contributed by atoms with E-state index < -0.39 is 0 Å². The molecule has 29 heavy (non-hydrogen) atoms. The van der Waals surface area contributed by atoms with Crippen LogP contribution in [-0.2, 0) is 0 Å². The first-order chi connectivity index (χ1) is 14.2. The second-order valence-corrected chi connectivity index (χ2v) is 6.80. The lowest BCUT2D eigenvalue weighted by Crippen LogP contribution is -2.12. The largest absolute Gasteiger partial charge is 0.485 e. The molecule has 0 aliphatic carbocycles. The summed E-state index contributed by atoms with van der Waals surface area (Å²) < 4.78 is 5.73. The van der Waals surface area contributed by atoms with Crippen molar-refractivity contribution >= 4 is 22.5 Å². The fourth-order valence-corrected chi connectivity index (χ4v) is 3.42. The minimum atomic E-state index is -0.102. The van der Waals surface area contributed by atoms with Gasteiger partial charge in [-0.15, -0.1) is 0 Å². The molecule has 0 saturated heterocycles. The predicted molar refractivity (Wildman–Crippen MR) is 115 cm³/mol. The lowest BCUT2D eigenvalue weighted by molar-refractivity contribution is 0.0922. The first-order valence-electron chi connectivity index (χ1n) is 9.62. The summed E-state index contributed by atoms with van der Waals surface area (Å²) >= 11 is 0. The van der Waals surface area contributed by atoms with Gasteiger partial charge in [-0.05, 0) is 35.9 Å². The van der Waals surface area contributed by atoms with E-state index in [0.29, 0.717) is 23.3 Å². The Balaban J connectivity index is 1.61. The summed E-state index contributed by atoms with van der Waals surface area (Å²) in [6.45, 7) is 1.75. The quantitative estimate of drug-likeness (QED) is 0.417. The fraction of sp³-hybridized carbons (Fsp3) is 0.120. The van der Waals surface area contributed by atoms with E-state index in [2.05, 4.69) is 4.98 Å². The van der Waals surface area contributed by atoms with E-state index in [1.165, 1.54) is 0 Å². The van der Waals surface area contributed by atoms with Crippen molar-refractivity contribution in [1.82, 2.24) is 4.98 Å². The van der Waals surface area contributed by atoms with Crippen molar-refractivity contribution < 1.29 is 14.3 Å². The third kappa shape index (κ3) is 3.83. The van der Waals surface area contributed by atoms with Crippen LogP contribution in [0.1, 0.15) is 34.1 Å². The summed E-state index contributed by atoms with van der Waals surface area (Å²) in [7, 11) is 0. The van der Waals surface area contributed by atoms with E-state index >= 15 is 0 Å². The molecule has 0 spiro atoms. The van der Waals surface area contributed by atoms with E-state index in [0.717, 1.165) is 22.2 Å². The molecule has 0 saturated carbocycles. The summed E-state index contributed by atoms with van der Waals surface area (Å²) in [5.41, 5.74) is 3.94. The molecule has 144 valence electrons. The Morgan fingerprint density at radius 2 is 1.52 bits per heavy atom. The van der Waals surface area contributed by atoms with Crippen molar-refractivity contribution in [2.45, 2.75) is 13.3 Å². The van der Waals surface area contributed by atoms with Crippen molar-refractivity contribution in [3.05, 3.63) is 90.0 Å². The molecular weight excluding hydrogens is 362 g/mol. The molecule has 4 rings (SSSR count). The van der Waals surface area contributed by atoms with Gasteiger partial charge in [-0.3, -0.25) is 9.59 Å². The lowest BCUT2D eigenvalue weighted by atomic mass is 10.0. The van der Waals surface area contributed by atoms with Gasteiger partial charge in [0.15, 0.2) is 12.4 Å². The maximum absolute atomic E-state index is 13.1. The number of carbonyl (C=O) groups is 2. The molecular formula is C25H21NO3. The maximum Gasteiger partial charge on any atom is 0.202 e. The minimum Gasteiger partial charge on any atom is -0.485 e. The van der Waals surface area contributed by atoms with Crippen LogP contribution >= 0.6 is 0 Å². The lowest BCUT2D eigenvalue weighted by Gasteiger charge is -2.08. The van der Waals surface area contributed by atoms with E-state index in [1.807, 2.05) is 61.5 Å². The number of H-pyrrole nitrogens is 1. The second kappa shape index (κ2) is 8.15. The third-order valence-corrected chi connectivity index (χ3v) is 4.91. The van der Waals surface area contributed by atoms with Crippen LogP contribution in [0.2, 0.25) is 0 Å². The highest BCUT2D eigenvalue weighted by atomic mass is 16.5. The number of Topliss-reactive ketones (excluding diaryl/α,β-unsaturated/α-hetero) is 2. The van der Waals surface area contributed by atoms with E-state index in [9.17, 15) is 9.59 Å². The number of nitrogens with one attached hydrogen (secondary N) is 1. The molecule has 0 amide bonds. The first kappa shape index (κ1) is 18.7. The van der Waals surface area contributed by atoms with Crippen LogP contribution in [0.15, 0.2) is 78.9 Å². The molecule has 4 aromatic rings. The number of ether oxygens (including phenoxy) is 1. The minimum absolute atomic E-state index is 0.0806. The Hall–Kier alpha value is -3.66. The number of aromatic amines is 1.